The van der Waals surface area contributed by atoms with Gasteiger partial charge in [0.2, 0.25) is 0 Å². The van der Waals surface area contributed by atoms with Gasteiger partial charge in [0.05, 0.1) is 0 Å². The topological polar surface area (TPSA) is 32.7 Å². The Balaban J connectivity index is 1.88. The summed E-state index contributed by atoms with van der Waals surface area (Å²) >= 11 is 5.84. The van der Waals surface area contributed by atoms with E-state index >= 15 is 0 Å². The second-order valence-corrected chi connectivity index (χ2v) is 7.07. The van der Waals surface area contributed by atoms with Gasteiger partial charge in [-0.3, -0.25) is 4.90 Å². The number of ether oxygens (including phenoxy) is 1. The zero-order valence-electron chi connectivity index (χ0n) is 14.7. The molecule has 3 nitrogen and oxygen atoms in total. The van der Waals surface area contributed by atoms with E-state index in [1.807, 2.05) is 0 Å². The van der Waals surface area contributed by atoms with Gasteiger partial charge in [0.15, 0.2) is 0 Å². The highest BCUT2D eigenvalue weighted by Gasteiger charge is 2.14. The monoisotopic (exact) mass is 365 g/mol. The SMILES string of the molecule is CC(C)CN(Cc1ccc(F)cc1)C[C@H](O)COc1ccc(Cl)cc1. The summed E-state index contributed by atoms with van der Waals surface area (Å²) in [5, 5.41) is 11.0. The lowest BCUT2D eigenvalue weighted by atomic mass is 10.1. The maximum Gasteiger partial charge on any atom is 0.123 e. The molecule has 0 unspecified atom stereocenters. The van der Waals surface area contributed by atoms with Gasteiger partial charge in [-0.25, -0.2) is 4.39 Å². The summed E-state index contributed by atoms with van der Waals surface area (Å²) in [4.78, 5) is 2.16. The van der Waals surface area contributed by atoms with Crippen molar-refractivity contribution in [3.05, 3.63) is 64.9 Å². The minimum Gasteiger partial charge on any atom is -0.491 e. The van der Waals surface area contributed by atoms with E-state index < -0.39 is 6.10 Å². The molecule has 136 valence electrons. The Kier molecular flexibility index (Phi) is 7.69. The lowest BCUT2D eigenvalue weighted by molar-refractivity contribution is 0.0615. The molecule has 0 aromatic heterocycles. The van der Waals surface area contributed by atoms with E-state index in [0.29, 0.717) is 29.8 Å². The third-order valence-corrected chi connectivity index (χ3v) is 3.92. The van der Waals surface area contributed by atoms with Gasteiger partial charge in [0.1, 0.15) is 24.3 Å². The maximum absolute atomic E-state index is 13.1. The highest BCUT2D eigenvalue weighted by molar-refractivity contribution is 6.30. The Morgan fingerprint density at radius 3 is 2.28 bits per heavy atom. The van der Waals surface area contributed by atoms with Crippen LogP contribution in [0.2, 0.25) is 5.02 Å². The molecule has 1 atom stereocenters. The normalized spacial score (nSPS) is 12.6. The number of nitrogens with zero attached hydrogens (tertiary/aromatic N) is 1. The van der Waals surface area contributed by atoms with Crippen molar-refractivity contribution in [1.82, 2.24) is 4.90 Å². The molecule has 0 saturated heterocycles. The Hall–Kier alpha value is -1.62. The highest BCUT2D eigenvalue weighted by Crippen LogP contribution is 2.16. The first-order valence-corrected chi connectivity index (χ1v) is 8.83. The van der Waals surface area contributed by atoms with E-state index in [1.165, 1.54) is 12.1 Å². The molecule has 25 heavy (non-hydrogen) atoms. The number of aliphatic hydroxyl groups excluding tert-OH is 1. The van der Waals surface area contributed by atoms with E-state index in [1.54, 1.807) is 36.4 Å². The molecule has 5 heteroatoms. The fraction of sp³-hybridized carbons (Fsp3) is 0.400. The van der Waals surface area contributed by atoms with Crippen LogP contribution in [-0.4, -0.2) is 35.8 Å². The lowest BCUT2D eigenvalue weighted by Gasteiger charge is -2.27. The highest BCUT2D eigenvalue weighted by atomic mass is 35.5. The zero-order chi connectivity index (χ0) is 18.2. The van der Waals surface area contributed by atoms with Gasteiger partial charge in [-0.2, -0.15) is 0 Å². The summed E-state index contributed by atoms with van der Waals surface area (Å²) < 4.78 is 18.7. The van der Waals surface area contributed by atoms with Gasteiger partial charge in [-0.15, -0.1) is 0 Å². The summed E-state index contributed by atoms with van der Waals surface area (Å²) in [6.07, 6.45) is -0.616. The molecule has 0 aliphatic rings. The smallest absolute Gasteiger partial charge is 0.123 e. The predicted octanol–water partition coefficient (Wildman–Crippen LogP) is 4.38. The van der Waals surface area contributed by atoms with Crippen LogP contribution >= 0.6 is 11.6 Å². The third-order valence-electron chi connectivity index (χ3n) is 3.67. The predicted molar refractivity (Wildman–Crippen MR) is 99.5 cm³/mol. The molecule has 0 spiro atoms. The lowest BCUT2D eigenvalue weighted by Crippen LogP contribution is -2.37. The van der Waals surface area contributed by atoms with Crippen LogP contribution in [0.5, 0.6) is 5.75 Å². The minimum atomic E-state index is -0.616. The fourth-order valence-corrected chi connectivity index (χ4v) is 2.77. The summed E-state index contributed by atoms with van der Waals surface area (Å²) in [6, 6.07) is 13.5. The zero-order valence-corrected chi connectivity index (χ0v) is 15.4. The molecule has 1 N–H and O–H groups in total. The molecule has 2 rings (SSSR count). The van der Waals surface area contributed by atoms with Crippen molar-refractivity contribution in [3.8, 4) is 5.75 Å². The van der Waals surface area contributed by atoms with Crippen LogP contribution in [0.3, 0.4) is 0 Å². The maximum atomic E-state index is 13.1. The molecule has 0 radical (unpaired) electrons. The second kappa shape index (κ2) is 9.76. The Morgan fingerprint density at radius 2 is 1.68 bits per heavy atom. The molecule has 0 saturated carbocycles. The van der Waals surface area contributed by atoms with Gasteiger partial charge in [-0.1, -0.05) is 37.6 Å². The summed E-state index contributed by atoms with van der Waals surface area (Å²) in [6.45, 7) is 6.47. The van der Waals surface area contributed by atoms with Gasteiger partial charge in [0, 0.05) is 24.7 Å². The number of hydrogen-bond donors (Lipinski definition) is 1. The van der Waals surface area contributed by atoms with Gasteiger partial charge < -0.3 is 9.84 Å². The van der Waals surface area contributed by atoms with Crippen molar-refractivity contribution in [2.45, 2.75) is 26.5 Å². The quantitative estimate of drug-likeness (QED) is 0.716. The largest absolute Gasteiger partial charge is 0.491 e. The number of hydrogen-bond acceptors (Lipinski definition) is 3. The average Bonchev–Trinajstić information content (AvgIpc) is 2.56. The third kappa shape index (κ3) is 7.43. The summed E-state index contributed by atoms with van der Waals surface area (Å²) in [5.41, 5.74) is 1.02. The van der Waals surface area contributed by atoms with Crippen LogP contribution < -0.4 is 4.74 Å². The Morgan fingerprint density at radius 1 is 1.04 bits per heavy atom. The van der Waals surface area contributed by atoms with E-state index in [2.05, 4.69) is 18.7 Å². The van der Waals surface area contributed by atoms with E-state index in [4.69, 9.17) is 16.3 Å². The van der Waals surface area contributed by atoms with Crippen LogP contribution in [0.15, 0.2) is 48.5 Å². The first kappa shape index (κ1) is 19.7. The molecule has 0 aliphatic heterocycles. The van der Waals surface area contributed by atoms with E-state index in [0.717, 1.165) is 12.1 Å². The van der Waals surface area contributed by atoms with Gasteiger partial charge >= 0.3 is 0 Å². The summed E-state index contributed by atoms with van der Waals surface area (Å²) in [7, 11) is 0. The molecular weight excluding hydrogens is 341 g/mol. The Bertz CT molecular complexity index is 631. The van der Waals surface area contributed by atoms with Crippen molar-refractivity contribution < 1.29 is 14.2 Å². The van der Waals surface area contributed by atoms with Crippen molar-refractivity contribution in [2.24, 2.45) is 5.92 Å². The van der Waals surface area contributed by atoms with Gasteiger partial charge in [-0.05, 0) is 47.9 Å². The molecule has 0 bridgehead atoms. The molecule has 2 aromatic rings. The number of benzene rings is 2. The van der Waals surface area contributed by atoms with Crippen molar-refractivity contribution in [1.29, 1.82) is 0 Å². The number of aliphatic hydroxyl groups is 1. The minimum absolute atomic E-state index is 0.208. The van der Waals surface area contributed by atoms with Crippen LogP contribution in [0, 0.1) is 11.7 Å². The van der Waals surface area contributed by atoms with Crippen molar-refractivity contribution in [2.75, 3.05) is 19.7 Å². The number of halogens is 2. The fourth-order valence-electron chi connectivity index (χ4n) is 2.64. The first-order valence-electron chi connectivity index (χ1n) is 8.45. The van der Waals surface area contributed by atoms with Crippen LogP contribution in [0.1, 0.15) is 19.4 Å². The summed E-state index contributed by atoms with van der Waals surface area (Å²) in [5.74, 6) is 0.901. The molecular formula is C20H25ClFNO2. The molecule has 0 fully saturated rings. The number of rotatable bonds is 9. The van der Waals surface area contributed by atoms with Crippen molar-refractivity contribution in [3.63, 3.8) is 0 Å². The van der Waals surface area contributed by atoms with Crippen LogP contribution in [0.25, 0.3) is 0 Å². The molecule has 0 aliphatic carbocycles. The first-order chi connectivity index (χ1) is 11.9. The van der Waals surface area contributed by atoms with Crippen LogP contribution in [0.4, 0.5) is 4.39 Å². The second-order valence-electron chi connectivity index (χ2n) is 6.63. The molecule has 0 amide bonds. The van der Waals surface area contributed by atoms with E-state index in [9.17, 15) is 9.50 Å². The Labute approximate surface area is 154 Å². The van der Waals surface area contributed by atoms with Gasteiger partial charge in [0.25, 0.3) is 0 Å². The standard InChI is InChI=1S/C20H25ClFNO2/c1-15(2)11-23(12-16-3-7-18(22)8-4-16)13-19(24)14-25-20-9-5-17(21)6-10-20/h3-10,15,19,24H,11-14H2,1-2H3/t19-/m0/s1. The van der Waals surface area contributed by atoms with E-state index in [-0.39, 0.29) is 12.4 Å². The average molecular weight is 366 g/mol. The van der Waals surface area contributed by atoms with Crippen LogP contribution in [-0.2, 0) is 6.54 Å². The molecule has 0 heterocycles. The van der Waals surface area contributed by atoms with Crippen molar-refractivity contribution >= 4 is 11.6 Å². The molecule has 2 aromatic carbocycles.